The molecular formula is C6H6N2O3. The average molecular weight is 154 g/mol. The van der Waals surface area contributed by atoms with Gasteiger partial charge < -0.3 is 9.94 Å². The summed E-state index contributed by atoms with van der Waals surface area (Å²) in [5.74, 6) is 0.212. The Hall–Kier alpha value is -1.35. The van der Waals surface area contributed by atoms with Crippen molar-refractivity contribution in [1.29, 1.82) is 5.26 Å². The zero-order valence-electron chi connectivity index (χ0n) is 5.60. The molecule has 1 heterocycles. The van der Waals surface area contributed by atoms with E-state index in [4.69, 9.17) is 15.2 Å². The van der Waals surface area contributed by atoms with Crippen molar-refractivity contribution in [1.82, 2.24) is 0 Å². The van der Waals surface area contributed by atoms with Gasteiger partial charge in [0.2, 0.25) is 0 Å². The first-order valence-corrected chi connectivity index (χ1v) is 2.90. The molecule has 0 amide bonds. The van der Waals surface area contributed by atoms with Gasteiger partial charge in [-0.05, 0) is 12.2 Å². The topological polar surface area (TPSA) is 76.3 Å². The summed E-state index contributed by atoms with van der Waals surface area (Å²) < 4.78 is 4.81. The second-order valence-corrected chi connectivity index (χ2v) is 1.97. The van der Waals surface area contributed by atoms with Crippen LogP contribution in [0.15, 0.2) is 24.1 Å². The smallest absolute Gasteiger partial charge is 0.350 e. The molecule has 1 atom stereocenters. The molecule has 1 rings (SSSR count). The van der Waals surface area contributed by atoms with Crippen LogP contribution in [-0.4, -0.2) is 16.6 Å². The van der Waals surface area contributed by atoms with E-state index in [0.717, 1.165) is 12.4 Å². The second kappa shape index (κ2) is 2.72. The van der Waals surface area contributed by atoms with Gasteiger partial charge in [0, 0.05) is 0 Å². The number of nitrogens with zero attached hydrogens (tertiary/aromatic N) is 2. The van der Waals surface area contributed by atoms with E-state index in [0.29, 0.717) is 6.61 Å². The molecule has 1 aliphatic rings. The van der Waals surface area contributed by atoms with Gasteiger partial charge in [-0.3, -0.25) is 0 Å². The third kappa shape index (κ3) is 2.05. The van der Waals surface area contributed by atoms with Crippen molar-refractivity contribution in [2.75, 3.05) is 6.61 Å². The Kier molecular flexibility index (Phi) is 1.92. The molecule has 1 unspecified atom stereocenters. The van der Waals surface area contributed by atoms with Crippen LogP contribution in [0.5, 0.6) is 0 Å². The van der Waals surface area contributed by atoms with Crippen LogP contribution in [0.25, 0.3) is 0 Å². The van der Waals surface area contributed by atoms with Crippen LogP contribution in [0, 0.1) is 16.7 Å². The first kappa shape index (κ1) is 7.75. The Balaban J connectivity index is 2.73. The number of hydrogen-bond acceptors (Lipinski definition) is 4. The fourth-order valence-electron chi connectivity index (χ4n) is 0.638. The third-order valence-electron chi connectivity index (χ3n) is 1.07. The number of hydrogen-bond donors (Lipinski definition) is 1. The summed E-state index contributed by atoms with van der Waals surface area (Å²) >= 11 is 0. The molecule has 0 aromatic carbocycles. The van der Waals surface area contributed by atoms with Gasteiger partial charge in [-0.25, -0.2) is 0 Å². The SMILES string of the molecule is N#C[N+]([O-])(O)C=C1C=CCO1. The number of ether oxygens (including phenoxy) is 1. The van der Waals surface area contributed by atoms with Crippen molar-refractivity contribution in [2.45, 2.75) is 0 Å². The predicted molar refractivity (Wildman–Crippen MR) is 34.2 cm³/mol. The van der Waals surface area contributed by atoms with Gasteiger partial charge in [0.15, 0.2) is 12.0 Å². The lowest BCUT2D eigenvalue weighted by molar-refractivity contribution is -0.969. The minimum atomic E-state index is -2.07. The highest BCUT2D eigenvalue weighted by atomic mass is 16.8. The molecule has 1 aliphatic heterocycles. The summed E-state index contributed by atoms with van der Waals surface area (Å²) in [7, 11) is 0. The lowest BCUT2D eigenvalue weighted by atomic mass is 10.5. The van der Waals surface area contributed by atoms with E-state index in [1.165, 1.54) is 6.08 Å². The van der Waals surface area contributed by atoms with E-state index in [2.05, 4.69) is 0 Å². The summed E-state index contributed by atoms with van der Waals surface area (Å²) in [6.07, 6.45) is 5.06. The van der Waals surface area contributed by atoms with E-state index in [1.807, 2.05) is 0 Å². The standard InChI is InChI=1S/C6H6N2O3/c7-5-8(9,10)4-6-2-1-3-11-6/h1-2,4,9H,3H2. The Morgan fingerprint density at radius 2 is 2.64 bits per heavy atom. The van der Waals surface area contributed by atoms with Gasteiger partial charge in [-0.2, -0.15) is 5.21 Å². The van der Waals surface area contributed by atoms with Crippen LogP contribution < -0.4 is 0 Å². The minimum Gasteiger partial charge on any atom is -0.578 e. The van der Waals surface area contributed by atoms with Crippen molar-refractivity contribution in [3.8, 4) is 6.19 Å². The lowest BCUT2D eigenvalue weighted by Gasteiger charge is -2.17. The number of quaternary nitrogens is 1. The molecule has 0 aromatic heterocycles. The van der Waals surface area contributed by atoms with Gasteiger partial charge in [0.05, 0.1) is 0 Å². The fraction of sp³-hybridized carbons (Fsp3) is 0.167. The van der Waals surface area contributed by atoms with Crippen LogP contribution >= 0.6 is 0 Å². The molecular weight excluding hydrogens is 148 g/mol. The summed E-state index contributed by atoms with van der Waals surface area (Å²) in [5.41, 5.74) is 0. The van der Waals surface area contributed by atoms with Crippen molar-refractivity contribution in [3.63, 3.8) is 0 Å². The van der Waals surface area contributed by atoms with Gasteiger partial charge in [0.25, 0.3) is 0 Å². The Bertz CT molecular complexity index is 249. The van der Waals surface area contributed by atoms with Gasteiger partial charge in [0.1, 0.15) is 6.61 Å². The van der Waals surface area contributed by atoms with E-state index in [-0.39, 0.29) is 5.76 Å². The van der Waals surface area contributed by atoms with Crippen LogP contribution in [0.3, 0.4) is 0 Å². The number of nitriles is 1. The first-order chi connectivity index (χ1) is 5.14. The molecule has 0 radical (unpaired) electrons. The maximum Gasteiger partial charge on any atom is 0.350 e. The Labute approximate surface area is 63.2 Å². The fourth-order valence-corrected chi connectivity index (χ4v) is 0.638. The Morgan fingerprint density at radius 1 is 1.91 bits per heavy atom. The number of rotatable bonds is 1. The quantitative estimate of drug-likeness (QED) is 0.341. The maximum absolute atomic E-state index is 10.6. The molecule has 58 valence electrons. The second-order valence-electron chi connectivity index (χ2n) is 1.97. The summed E-state index contributed by atoms with van der Waals surface area (Å²) in [6.45, 7) is 0.372. The molecule has 1 N–H and O–H groups in total. The van der Waals surface area contributed by atoms with Gasteiger partial charge in [-0.1, -0.05) is 4.81 Å². The lowest BCUT2D eigenvalue weighted by Crippen LogP contribution is -2.25. The van der Waals surface area contributed by atoms with Gasteiger partial charge in [-0.15, -0.1) is 5.26 Å². The van der Waals surface area contributed by atoms with Crippen molar-refractivity contribution >= 4 is 0 Å². The summed E-state index contributed by atoms with van der Waals surface area (Å²) in [6, 6.07) is 0. The number of allylic oxidation sites excluding steroid dienone is 1. The zero-order valence-corrected chi connectivity index (χ0v) is 5.60. The van der Waals surface area contributed by atoms with Crippen LogP contribution in [-0.2, 0) is 4.74 Å². The van der Waals surface area contributed by atoms with Crippen molar-refractivity contribution in [2.24, 2.45) is 0 Å². The molecule has 0 aromatic rings. The molecule has 5 heteroatoms. The molecule has 0 spiro atoms. The van der Waals surface area contributed by atoms with Crippen molar-refractivity contribution < 1.29 is 14.8 Å². The highest BCUT2D eigenvalue weighted by Gasteiger charge is 2.13. The highest BCUT2D eigenvalue weighted by molar-refractivity contribution is 5.14. The van der Waals surface area contributed by atoms with Crippen LogP contribution in [0.2, 0.25) is 0 Å². The Morgan fingerprint density at radius 3 is 3.09 bits per heavy atom. The summed E-state index contributed by atoms with van der Waals surface area (Å²) in [4.78, 5) is -2.07. The van der Waals surface area contributed by atoms with E-state index >= 15 is 0 Å². The molecule has 0 aliphatic carbocycles. The molecule has 5 nitrogen and oxygen atoms in total. The number of hydroxylamine groups is 4. The van der Waals surface area contributed by atoms with E-state index < -0.39 is 4.81 Å². The first-order valence-electron chi connectivity index (χ1n) is 2.90. The molecule has 0 saturated heterocycles. The monoisotopic (exact) mass is 154 g/mol. The maximum atomic E-state index is 10.6. The van der Waals surface area contributed by atoms with Crippen molar-refractivity contribution in [3.05, 3.63) is 29.3 Å². The molecule has 0 fully saturated rings. The molecule has 0 bridgehead atoms. The minimum absolute atomic E-state index is 0.212. The molecule has 0 saturated carbocycles. The van der Waals surface area contributed by atoms with Crippen LogP contribution in [0.4, 0.5) is 0 Å². The molecule has 11 heavy (non-hydrogen) atoms. The average Bonchev–Trinajstić information content (AvgIpc) is 2.39. The normalized spacial score (nSPS) is 24.3. The van der Waals surface area contributed by atoms with E-state index in [9.17, 15) is 5.21 Å². The zero-order chi connectivity index (χ0) is 8.32. The third-order valence-corrected chi connectivity index (χ3v) is 1.07. The summed E-state index contributed by atoms with van der Waals surface area (Å²) in [5, 5.41) is 27.3. The largest absolute Gasteiger partial charge is 0.578 e. The van der Waals surface area contributed by atoms with Gasteiger partial charge >= 0.3 is 6.19 Å². The predicted octanol–water partition coefficient (Wildman–Crippen LogP) is 0.599. The highest BCUT2D eigenvalue weighted by Crippen LogP contribution is 2.10. The van der Waals surface area contributed by atoms with Crippen LogP contribution in [0.1, 0.15) is 0 Å². The van der Waals surface area contributed by atoms with E-state index in [1.54, 1.807) is 6.08 Å².